The number of carbonyl (C=O) groups is 2. The zero-order valence-electron chi connectivity index (χ0n) is 11.6. The topological polar surface area (TPSA) is 87.7 Å². The molecule has 1 aliphatic heterocycles. The van der Waals surface area contributed by atoms with Crippen molar-refractivity contribution in [3.05, 3.63) is 28.2 Å². The second-order valence-electron chi connectivity index (χ2n) is 5.21. The Morgan fingerprint density at radius 3 is 2.86 bits per heavy atom. The van der Waals surface area contributed by atoms with Crippen LogP contribution in [-0.4, -0.2) is 35.9 Å². The summed E-state index contributed by atoms with van der Waals surface area (Å²) in [4.78, 5) is 22.9. The van der Waals surface area contributed by atoms with Crippen molar-refractivity contribution in [3.8, 4) is 0 Å². The Morgan fingerprint density at radius 1 is 1.48 bits per heavy atom. The molecule has 3 N–H and O–H groups in total. The molecular weight excluding hydrogens is 340 g/mol. The SMILES string of the molecule is CC1(CNC(=O)Nc2ccc(Br)c(C(=O)O)c2)CCCO1. The second-order valence-corrected chi connectivity index (χ2v) is 6.06. The molecule has 0 radical (unpaired) electrons. The van der Waals surface area contributed by atoms with Gasteiger partial charge in [-0.3, -0.25) is 0 Å². The number of rotatable bonds is 4. The van der Waals surface area contributed by atoms with Crippen LogP contribution >= 0.6 is 15.9 Å². The van der Waals surface area contributed by atoms with Crippen molar-refractivity contribution < 1.29 is 19.4 Å². The third-order valence-corrected chi connectivity index (χ3v) is 4.07. The molecule has 0 bridgehead atoms. The van der Waals surface area contributed by atoms with Crippen molar-refractivity contribution in [2.75, 3.05) is 18.5 Å². The van der Waals surface area contributed by atoms with Gasteiger partial charge in [0.05, 0.1) is 11.2 Å². The van der Waals surface area contributed by atoms with Crippen LogP contribution in [0.5, 0.6) is 0 Å². The van der Waals surface area contributed by atoms with Crippen LogP contribution in [0.3, 0.4) is 0 Å². The number of benzene rings is 1. The van der Waals surface area contributed by atoms with Crippen molar-refractivity contribution in [2.45, 2.75) is 25.4 Å². The van der Waals surface area contributed by atoms with Crippen LogP contribution in [0.2, 0.25) is 0 Å². The summed E-state index contributed by atoms with van der Waals surface area (Å²) >= 11 is 3.15. The van der Waals surface area contributed by atoms with Gasteiger partial charge in [0.15, 0.2) is 0 Å². The van der Waals surface area contributed by atoms with Gasteiger partial charge in [-0.15, -0.1) is 0 Å². The highest BCUT2D eigenvalue weighted by atomic mass is 79.9. The van der Waals surface area contributed by atoms with E-state index in [9.17, 15) is 9.59 Å². The lowest BCUT2D eigenvalue weighted by molar-refractivity contribution is 0.0232. The van der Waals surface area contributed by atoms with E-state index in [2.05, 4.69) is 26.6 Å². The molecule has 1 aromatic carbocycles. The van der Waals surface area contributed by atoms with E-state index >= 15 is 0 Å². The van der Waals surface area contributed by atoms with Gasteiger partial charge in [0.2, 0.25) is 0 Å². The summed E-state index contributed by atoms with van der Waals surface area (Å²) in [6.07, 6.45) is 1.91. The van der Waals surface area contributed by atoms with E-state index < -0.39 is 5.97 Å². The predicted octanol–water partition coefficient (Wildman–Crippen LogP) is 2.84. The van der Waals surface area contributed by atoms with Gasteiger partial charge in [-0.25, -0.2) is 9.59 Å². The summed E-state index contributed by atoms with van der Waals surface area (Å²) in [6.45, 7) is 3.10. The van der Waals surface area contributed by atoms with Crippen LogP contribution in [0.1, 0.15) is 30.1 Å². The first kappa shape index (κ1) is 15.8. The van der Waals surface area contributed by atoms with E-state index in [1.54, 1.807) is 12.1 Å². The zero-order valence-corrected chi connectivity index (χ0v) is 13.2. The first-order valence-corrected chi connectivity index (χ1v) is 7.41. The maximum Gasteiger partial charge on any atom is 0.336 e. The molecule has 0 saturated carbocycles. The first-order chi connectivity index (χ1) is 9.89. The number of carboxylic acids is 1. The normalized spacial score (nSPS) is 21.0. The molecule has 114 valence electrons. The molecule has 1 aliphatic rings. The minimum absolute atomic E-state index is 0.0962. The van der Waals surface area contributed by atoms with Crippen LogP contribution in [0.25, 0.3) is 0 Å². The van der Waals surface area contributed by atoms with E-state index in [1.165, 1.54) is 6.07 Å². The van der Waals surface area contributed by atoms with Gasteiger partial charge in [0.1, 0.15) is 0 Å². The summed E-state index contributed by atoms with van der Waals surface area (Å²) in [6, 6.07) is 4.23. The van der Waals surface area contributed by atoms with Crippen molar-refractivity contribution >= 4 is 33.6 Å². The van der Waals surface area contributed by atoms with Crippen molar-refractivity contribution in [3.63, 3.8) is 0 Å². The molecule has 1 atom stereocenters. The van der Waals surface area contributed by atoms with Gasteiger partial charge >= 0.3 is 12.0 Å². The Morgan fingerprint density at radius 2 is 2.24 bits per heavy atom. The number of anilines is 1. The smallest absolute Gasteiger partial charge is 0.336 e. The molecule has 21 heavy (non-hydrogen) atoms. The number of carboxylic acid groups (broad SMARTS) is 1. The average molecular weight is 357 g/mol. The number of nitrogens with one attached hydrogen (secondary N) is 2. The zero-order chi connectivity index (χ0) is 15.5. The quantitative estimate of drug-likeness (QED) is 0.773. The number of aromatic carboxylic acids is 1. The Labute approximate surface area is 131 Å². The van der Waals surface area contributed by atoms with E-state index in [0.717, 1.165) is 12.8 Å². The molecule has 1 aromatic rings. The number of urea groups is 1. The molecule has 0 aromatic heterocycles. The van der Waals surface area contributed by atoms with Gasteiger partial charge in [0.25, 0.3) is 0 Å². The van der Waals surface area contributed by atoms with Gasteiger partial charge in [0, 0.05) is 23.3 Å². The molecule has 1 unspecified atom stereocenters. The number of halogens is 1. The number of amides is 2. The second kappa shape index (κ2) is 6.44. The lowest BCUT2D eigenvalue weighted by atomic mass is 10.0. The van der Waals surface area contributed by atoms with Crippen LogP contribution in [0, 0.1) is 0 Å². The summed E-state index contributed by atoms with van der Waals surface area (Å²) < 4.78 is 6.05. The van der Waals surface area contributed by atoms with Crippen LogP contribution < -0.4 is 10.6 Å². The maximum atomic E-state index is 11.8. The van der Waals surface area contributed by atoms with Gasteiger partial charge < -0.3 is 20.5 Å². The Hall–Kier alpha value is -1.60. The number of carbonyl (C=O) groups excluding carboxylic acids is 1. The van der Waals surface area contributed by atoms with Crippen molar-refractivity contribution in [2.24, 2.45) is 0 Å². The standard InChI is InChI=1S/C14H17BrN2O4/c1-14(5-2-6-21-14)8-16-13(20)17-9-3-4-11(15)10(7-9)12(18)19/h3-4,7H,2,5-6,8H2,1H3,(H,18,19)(H2,16,17,20). The average Bonchev–Trinajstić information content (AvgIpc) is 2.86. The fraction of sp³-hybridized carbons (Fsp3) is 0.429. The van der Waals surface area contributed by atoms with Crippen LogP contribution in [0.15, 0.2) is 22.7 Å². The summed E-state index contributed by atoms with van der Waals surface area (Å²) in [5.41, 5.74) is 0.202. The molecule has 2 amide bonds. The molecule has 1 fully saturated rings. The lowest BCUT2D eigenvalue weighted by Crippen LogP contribution is -2.41. The molecule has 1 saturated heterocycles. The van der Waals surface area contributed by atoms with E-state index in [1.807, 2.05) is 6.92 Å². The largest absolute Gasteiger partial charge is 0.478 e. The summed E-state index contributed by atoms with van der Waals surface area (Å²) in [5.74, 6) is -1.06. The fourth-order valence-corrected chi connectivity index (χ4v) is 2.60. The highest BCUT2D eigenvalue weighted by Crippen LogP contribution is 2.24. The molecule has 6 nitrogen and oxygen atoms in total. The van der Waals surface area contributed by atoms with E-state index in [0.29, 0.717) is 23.3 Å². The van der Waals surface area contributed by atoms with Gasteiger partial charge in [-0.2, -0.15) is 0 Å². The summed E-state index contributed by atoms with van der Waals surface area (Å²) in [7, 11) is 0. The Bertz CT molecular complexity index is 556. The van der Waals surface area contributed by atoms with Gasteiger partial charge in [-0.1, -0.05) is 0 Å². The first-order valence-electron chi connectivity index (χ1n) is 6.61. The molecule has 0 spiro atoms. The highest BCUT2D eigenvalue weighted by Gasteiger charge is 2.30. The molecule has 1 heterocycles. The minimum Gasteiger partial charge on any atom is -0.478 e. The van der Waals surface area contributed by atoms with Crippen molar-refractivity contribution in [1.29, 1.82) is 0 Å². The molecule has 0 aliphatic carbocycles. The van der Waals surface area contributed by atoms with E-state index in [4.69, 9.17) is 9.84 Å². The maximum absolute atomic E-state index is 11.8. The number of hydrogen-bond acceptors (Lipinski definition) is 3. The molecular formula is C14H17BrN2O4. The Kier molecular flexibility index (Phi) is 4.84. The predicted molar refractivity (Wildman–Crippen MR) is 81.7 cm³/mol. The molecule has 7 heteroatoms. The summed E-state index contributed by atoms with van der Waals surface area (Å²) in [5, 5.41) is 14.4. The lowest BCUT2D eigenvalue weighted by Gasteiger charge is -2.23. The molecule has 2 rings (SSSR count). The van der Waals surface area contributed by atoms with Gasteiger partial charge in [-0.05, 0) is 53.9 Å². The third-order valence-electron chi connectivity index (χ3n) is 3.38. The highest BCUT2D eigenvalue weighted by molar-refractivity contribution is 9.10. The minimum atomic E-state index is -1.06. The van der Waals surface area contributed by atoms with E-state index in [-0.39, 0.29) is 17.2 Å². The van der Waals surface area contributed by atoms with Crippen LogP contribution in [0.4, 0.5) is 10.5 Å². The Balaban J connectivity index is 1.93. The number of hydrogen-bond donors (Lipinski definition) is 3. The third kappa shape index (κ3) is 4.18. The van der Waals surface area contributed by atoms with Crippen LogP contribution in [-0.2, 0) is 4.74 Å². The number of ether oxygens (including phenoxy) is 1. The fourth-order valence-electron chi connectivity index (χ4n) is 2.19. The van der Waals surface area contributed by atoms with Crippen molar-refractivity contribution in [1.82, 2.24) is 5.32 Å². The monoisotopic (exact) mass is 356 g/mol.